The van der Waals surface area contributed by atoms with E-state index in [1.807, 2.05) is 34.1 Å². The van der Waals surface area contributed by atoms with Gasteiger partial charge in [0.15, 0.2) is 0 Å². The summed E-state index contributed by atoms with van der Waals surface area (Å²) < 4.78 is 18.6. The maximum Gasteiger partial charge on any atom is 0.223 e. The lowest BCUT2D eigenvalue weighted by Crippen LogP contribution is -2.50. The molecule has 33 heavy (non-hydrogen) atoms. The van der Waals surface area contributed by atoms with Gasteiger partial charge in [-0.1, -0.05) is 12.1 Å². The fourth-order valence-electron chi connectivity index (χ4n) is 4.48. The second kappa shape index (κ2) is 10.6. The van der Waals surface area contributed by atoms with Crippen molar-refractivity contribution >= 4 is 23.2 Å². The number of methoxy groups -OCH3 is 1. The molecule has 0 saturated carbocycles. The molecule has 2 amide bonds. The number of hydrogen-bond acceptors (Lipinski definition) is 5. The number of ether oxygens (including phenoxy) is 1. The number of para-hydroxylation sites is 2. The second-order valence-electron chi connectivity index (χ2n) is 8.38. The molecular weight excluding hydrogens is 423 g/mol. The molecule has 4 rings (SSSR count). The number of halogens is 1. The molecule has 2 fully saturated rings. The van der Waals surface area contributed by atoms with Crippen LogP contribution in [0.3, 0.4) is 0 Å². The van der Waals surface area contributed by atoms with Gasteiger partial charge in [-0.3, -0.25) is 9.59 Å². The summed E-state index contributed by atoms with van der Waals surface area (Å²) in [6.45, 7) is 5.40. The number of amides is 2. The van der Waals surface area contributed by atoms with Crippen molar-refractivity contribution in [3.63, 3.8) is 0 Å². The molecule has 7 nitrogen and oxygen atoms in total. The zero-order valence-corrected chi connectivity index (χ0v) is 19.1. The highest BCUT2D eigenvalue weighted by atomic mass is 19.1. The Bertz CT molecular complexity index is 952. The molecule has 0 aliphatic carbocycles. The zero-order valence-electron chi connectivity index (χ0n) is 19.1. The number of carbonyl (C=O) groups is 2. The lowest BCUT2D eigenvalue weighted by molar-refractivity contribution is -0.137. The maximum atomic E-state index is 13.1. The molecule has 0 spiro atoms. The Labute approximate surface area is 194 Å². The topological polar surface area (TPSA) is 56.3 Å². The Morgan fingerprint density at radius 3 is 1.82 bits per heavy atom. The SMILES string of the molecule is COc1ccccc1N1CCN(C(=O)CCC(=O)N2CCN(c3ccc(F)cc3)CC2)CC1. The third-order valence-electron chi connectivity index (χ3n) is 6.44. The number of nitrogens with zero attached hydrogens (tertiary/aromatic N) is 4. The van der Waals surface area contributed by atoms with Crippen LogP contribution in [0.5, 0.6) is 5.75 Å². The fraction of sp³-hybridized carbons (Fsp3) is 0.440. The number of rotatable bonds is 6. The fourth-order valence-corrected chi connectivity index (χ4v) is 4.48. The van der Waals surface area contributed by atoms with E-state index in [2.05, 4.69) is 9.80 Å². The number of hydrogen-bond donors (Lipinski definition) is 0. The summed E-state index contributed by atoms with van der Waals surface area (Å²) in [6.07, 6.45) is 0.480. The Kier molecular flexibility index (Phi) is 7.32. The first-order chi connectivity index (χ1) is 16.0. The second-order valence-corrected chi connectivity index (χ2v) is 8.38. The van der Waals surface area contributed by atoms with Gasteiger partial charge in [0, 0.05) is 70.9 Å². The van der Waals surface area contributed by atoms with Crippen molar-refractivity contribution in [3.8, 4) is 5.75 Å². The molecule has 0 bridgehead atoms. The highest BCUT2D eigenvalue weighted by Gasteiger charge is 2.25. The van der Waals surface area contributed by atoms with Crippen molar-refractivity contribution < 1.29 is 18.7 Å². The summed E-state index contributed by atoms with van der Waals surface area (Å²) in [4.78, 5) is 33.4. The Balaban J connectivity index is 1.19. The van der Waals surface area contributed by atoms with Gasteiger partial charge in [0.2, 0.25) is 11.8 Å². The van der Waals surface area contributed by atoms with Crippen LogP contribution in [-0.2, 0) is 9.59 Å². The largest absolute Gasteiger partial charge is 0.495 e. The molecule has 2 saturated heterocycles. The van der Waals surface area contributed by atoms with Crippen molar-refractivity contribution in [2.75, 3.05) is 69.3 Å². The van der Waals surface area contributed by atoms with Gasteiger partial charge in [0.05, 0.1) is 12.8 Å². The molecular formula is C25H31FN4O3. The molecule has 8 heteroatoms. The van der Waals surface area contributed by atoms with Gasteiger partial charge in [0.25, 0.3) is 0 Å². The van der Waals surface area contributed by atoms with Crippen LogP contribution >= 0.6 is 0 Å². The minimum atomic E-state index is -0.251. The third kappa shape index (κ3) is 5.56. The van der Waals surface area contributed by atoms with Gasteiger partial charge in [-0.25, -0.2) is 4.39 Å². The van der Waals surface area contributed by atoms with E-state index in [4.69, 9.17) is 4.74 Å². The lowest BCUT2D eigenvalue weighted by Gasteiger charge is -2.37. The molecule has 0 aromatic heterocycles. The Morgan fingerprint density at radius 1 is 0.758 bits per heavy atom. The quantitative estimate of drug-likeness (QED) is 0.672. The van der Waals surface area contributed by atoms with Gasteiger partial charge in [0.1, 0.15) is 11.6 Å². The molecule has 0 unspecified atom stereocenters. The Morgan fingerprint density at radius 2 is 1.27 bits per heavy atom. The highest BCUT2D eigenvalue weighted by Crippen LogP contribution is 2.28. The van der Waals surface area contributed by atoms with E-state index in [-0.39, 0.29) is 30.5 Å². The first kappa shape index (κ1) is 22.9. The Hall–Kier alpha value is -3.29. The molecule has 2 aromatic rings. The highest BCUT2D eigenvalue weighted by molar-refractivity contribution is 5.84. The van der Waals surface area contributed by atoms with Gasteiger partial charge in [-0.15, -0.1) is 0 Å². The number of benzene rings is 2. The van der Waals surface area contributed by atoms with Crippen LogP contribution in [0.1, 0.15) is 12.8 Å². The predicted molar refractivity (Wildman–Crippen MR) is 126 cm³/mol. The van der Waals surface area contributed by atoms with Crippen LogP contribution in [0.15, 0.2) is 48.5 Å². The normalized spacial score (nSPS) is 16.7. The average Bonchev–Trinajstić information content (AvgIpc) is 2.87. The monoisotopic (exact) mass is 454 g/mol. The summed E-state index contributed by atoms with van der Waals surface area (Å²) in [6, 6.07) is 14.3. The summed E-state index contributed by atoms with van der Waals surface area (Å²) in [5, 5.41) is 0. The first-order valence-electron chi connectivity index (χ1n) is 11.5. The smallest absolute Gasteiger partial charge is 0.223 e. The summed E-state index contributed by atoms with van der Waals surface area (Å²) in [7, 11) is 1.66. The van der Waals surface area contributed by atoms with Gasteiger partial charge >= 0.3 is 0 Å². The van der Waals surface area contributed by atoms with Crippen LogP contribution in [0.25, 0.3) is 0 Å². The van der Waals surface area contributed by atoms with E-state index in [0.29, 0.717) is 39.3 Å². The average molecular weight is 455 g/mol. The maximum absolute atomic E-state index is 13.1. The molecule has 0 radical (unpaired) electrons. The predicted octanol–water partition coefficient (Wildman–Crippen LogP) is 2.61. The van der Waals surface area contributed by atoms with E-state index in [1.54, 1.807) is 19.2 Å². The van der Waals surface area contributed by atoms with Crippen LogP contribution < -0.4 is 14.5 Å². The first-order valence-corrected chi connectivity index (χ1v) is 11.5. The van der Waals surface area contributed by atoms with Crippen LogP contribution in [0, 0.1) is 5.82 Å². The van der Waals surface area contributed by atoms with E-state index in [1.165, 1.54) is 12.1 Å². The molecule has 176 valence electrons. The van der Waals surface area contributed by atoms with Gasteiger partial charge in [-0.05, 0) is 36.4 Å². The molecule has 0 N–H and O–H groups in total. The van der Waals surface area contributed by atoms with Crippen molar-refractivity contribution in [3.05, 3.63) is 54.3 Å². The minimum Gasteiger partial charge on any atom is -0.495 e. The van der Waals surface area contributed by atoms with E-state index >= 15 is 0 Å². The standard InChI is InChI=1S/C25H31FN4O3/c1-33-23-5-3-2-4-22(23)28-14-18-30(19-15-28)25(32)11-10-24(31)29-16-12-27(13-17-29)21-8-6-20(26)7-9-21/h2-9H,10-19H2,1H3. The molecule has 2 aliphatic heterocycles. The lowest BCUT2D eigenvalue weighted by atomic mass is 10.2. The van der Waals surface area contributed by atoms with Crippen molar-refractivity contribution in [2.24, 2.45) is 0 Å². The number of anilines is 2. The number of carbonyl (C=O) groups excluding carboxylic acids is 2. The summed E-state index contributed by atoms with van der Waals surface area (Å²) >= 11 is 0. The van der Waals surface area contributed by atoms with Crippen molar-refractivity contribution in [1.82, 2.24) is 9.80 Å². The minimum absolute atomic E-state index is 0.0229. The molecule has 2 heterocycles. The van der Waals surface area contributed by atoms with Crippen molar-refractivity contribution in [2.45, 2.75) is 12.8 Å². The van der Waals surface area contributed by atoms with Crippen LogP contribution in [0.2, 0.25) is 0 Å². The zero-order chi connectivity index (χ0) is 23.2. The molecule has 0 atom stereocenters. The van der Waals surface area contributed by atoms with Crippen LogP contribution in [0.4, 0.5) is 15.8 Å². The van der Waals surface area contributed by atoms with Crippen molar-refractivity contribution in [1.29, 1.82) is 0 Å². The van der Waals surface area contributed by atoms with E-state index in [0.717, 1.165) is 30.2 Å². The summed E-state index contributed by atoms with van der Waals surface area (Å²) in [5.74, 6) is 0.642. The van der Waals surface area contributed by atoms with Gasteiger partial charge < -0.3 is 24.3 Å². The number of piperazine rings is 2. The molecule has 2 aromatic carbocycles. The third-order valence-corrected chi connectivity index (χ3v) is 6.44. The molecule has 2 aliphatic rings. The van der Waals surface area contributed by atoms with E-state index < -0.39 is 0 Å². The van der Waals surface area contributed by atoms with Gasteiger partial charge in [-0.2, -0.15) is 0 Å². The van der Waals surface area contributed by atoms with Crippen LogP contribution in [-0.4, -0.2) is 81.1 Å². The van der Waals surface area contributed by atoms with E-state index in [9.17, 15) is 14.0 Å². The summed E-state index contributed by atoms with van der Waals surface area (Å²) in [5.41, 5.74) is 2.01.